The molecule has 0 spiro atoms. The molecule has 386 valence electrons. The fourth-order valence-corrected chi connectivity index (χ4v) is 12.5. The number of aromatic nitrogens is 1. The summed E-state index contributed by atoms with van der Waals surface area (Å²) in [6.07, 6.45) is 2.64. The minimum Gasteiger partial charge on any atom is -0.359 e. The van der Waals surface area contributed by atoms with Gasteiger partial charge in [-0.1, -0.05) is 198 Å². The Morgan fingerprint density at radius 1 is 0.500 bits per heavy atom. The van der Waals surface area contributed by atoms with Crippen LogP contribution in [0.1, 0.15) is 153 Å². The predicted octanol–water partition coefficient (Wildman–Crippen LogP) is 17.7. The van der Waals surface area contributed by atoms with Crippen LogP contribution in [0.25, 0.3) is 38.6 Å². The van der Waals surface area contributed by atoms with Gasteiger partial charge in [-0.15, -0.1) is 11.0 Å². The van der Waals surface area contributed by atoms with E-state index in [0.717, 1.165) is 11.4 Å². The van der Waals surface area contributed by atoms with Crippen LogP contribution in [0.3, 0.4) is 0 Å². The molecular formula is C71H76BN3Os. The van der Waals surface area contributed by atoms with Crippen molar-refractivity contribution in [2.45, 2.75) is 152 Å². The first kappa shape index (κ1) is 53.3. The minimum atomic E-state index is -0.167. The molecule has 3 nitrogen and oxygen atoms in total. The molecule has 5 heteroatoms. The van der Waals surface area contributed by atoms with E-state index < -0.39 is 0 Å². The quantitative estimate of drug-likeness (QED) is 0.129. The zero-order valence-corrected chi connectivity index (χ0v) is 50.9. The molecule has 1 aliphatic carbocycles. The Morgan fingerprint density at radius 2 is 1.09 bits per heavy atom. The van der Waals surface area contributed by atoms with Crippen molar-refractivity contribution >= 4 is 79.0 Å². The van der Waals surface area contributed by atoms with E-state index in [1.54, 1.807) is 0 Å². The Bertz CT molecular complexity index is 3770. The third-order valence-electron chi connectivity index (χ3n) is 16.9. The van der Waals surface area contributed by atoms with E-state index in [2.05, 4.69) is 272 Å². The van der Waals surface area contributed by atoms with E-state index in [0.29, 0.717) is 0 Å². The van der Waals surface area contributed by atoms with Gasteiger partial charge in [0.05, 0.1) is 16.7 Å². The summed E-state index contributed by atoms with van der Waals surface area (Å²) in [4.78, 5) is 5.13. The number of fused-ring (bicyclic) bond motifs is 10. The zero-order chi connectivity index (χ0) is 53.4. The van der Waals surface area contributed by atoms with Crippen molar-refractivity contribution in [1.29, 1.82) is 0 Å². The van der Waals surface area contributed by atoms with Gasteiger partial charge in [-0.2, -0.15) is 47.5 Å². The van der Waals surface area contributed by atoms with Gasteiger partial charge >= 0.3 is 19.8 Å². The number of para-hydroxylation sites is 1. The van der Waals surface area contributed by atoms with Gasteiger partial charge in [0, 0.05) is 38.9 Å². The van der Waals surface area contributed by atoms with E-state index in [1.165, 1.54) is 141 Å². The zero-order valence-electron chi connectivity index (χ0n) is 48.3. The molecule has 0 saturated heterocycles. The summed E-state index contributed by atoms with van der Waals surface area (Å²) in [5.74, 6) is 0. The summed E-state index contributed by atoms with van der Waals surface area (Å²) in [5.41, 5.74) is 28.5. The van der Waals surface area contributed by atoms with Gasteiger partial charge in [0.2, 0.25) is 0 Å². The molecular weight excluding hydrogens is 1100 g/mol. The number of unbranched alkanes of at least 4 members (excludes halogenated alkanes) is 1. The standard InChI is InChI=1S/C67H66BN3.C4H10.Os/c1-39-31-60-62-61(32-39)70(55-28-23-43(33-42(55)4)64(5,6)7)57-30-25-45(66(11,12)13)35-53(57)68(62)54-37-50-49-34-44(65(8,9)10)24-29-56(49)71(63-40(2)19-18-20-41(63)3)58(50)38-59(54)69(60)46-26-27-48-47-21-16-17-22-51(47)67(14,15)52(48)36-46;1-3-4-2;/h16-27,29,31-38H,1-15H3;3-4H2,1-2H3;/q-2;;+2. The first-order valence-electron chi connectivity index (χ1n) is 27.7. The molecule has 0 N–H and O–H groups in total. The van der Waals surface area contributed by atoms with Crippen LogP contribution in [-0.2, 0) is 41.5 Å². The smallest absolute Gasteiger partial charge is 0.359 e. The van der Waals surface area contributed by atoms with Crippen LogP contribution in [0.15, 0.2) is 127 Å². The maximum atomic E-state index is 3.99. The fourth-order valence-electron chi connectivity index (χ4n) is 12.5. The van der Waals surface area contributed by atoms with Crippen LogP contribution in [0.5, 0.6) is 0 Å². The van der Waals surface area contributed by atoms with E-state index in [-0.39, 0.29) is 48.2 Å². The average Bonchev–Trinajstić information content (AvgIpc) is 3.83. The Kier molecular flexibility index (Phi) is 13.2. The first-order valence-corrected chi connectivity index (χ1v) is 27.7. The fraction of sp³-hybridized carbons (Fsp3) is 0.324. The van der Waals surface area contributed by atoms with Crippen molar-refractivity contribution in [3.8, 4) is 16.8 Å². The molecule has 12 rings (SSSR count). The summed E-state index contributed by atoms with van der Waals surface area (Å²) in [6, 6.07) is 57.5. The first-order chi connectivity index (χ1) is 35.4. The second kappa shape index (κ2) is 18.8. The Balaban J connectivity index is 0.00000127. The Hall–Kier alpha value is -6.14. The molecule has 0 amide bonds. The molecule has 2 aliphatic heterocycles. The van der Waals surface area contributed by atoms with Crippen LogP contribution in [0.2, 0.25) is 0 Å². The van der Waals surface area contributed by atoms with Crippen molar-refractivity contribution in [3.05, 3.63) is 190 Å². The van der Waals surface area contributed by atoms with Crippen molar-refractivity contribution in [3.63, 3.8) is 0 Å². The SMILES string of the molecule is CCCC.Cc1cc2c3c(c1)N(c1ccc4c(c1)C(C)(C)c1ccccc1-4)c1cc4c(cc1B3c1cc(C(C)(C)C)c[c-]c1N2c1[c-]cc(C(C)(C)C)cc1C)c1cc(C(C)(C)C)ccc1n4-c1c(C)cccc1C.[Os+2]. The third kappa shape index (κ3) is 8.42. The molecule has 0 fully saturated rings. The maximum Gasteiger partial charge on any atom is 2.00 e. The maximum absolute atomic E-state index is 3.99. The second-order valence-electron chi connectivity index (χ2n) is 25.8. The summed E-state index contributed by atoms with van der Waals surface area (Å²) in [5, 5.41) is 2.56. The second-order valence-corrected chi connectivity index (χ2v) is 25.8. The summed E-state index contributed by atoms with van der Waals surface area (Å²) in [7, 11) is 0. The molecule has 3 heterocycles. The van der Waals surface area contributed by atoms with E-state index in [1.807, 2.05) is 0 Å². The number of hydrogen-bond donors (Lipinski definition) is 0. The van der Waals surface area contributed by atoms with Crippen LogP contribution in [0.4, 0.5) is 34.1 Å². The largest absolute Gasteiger partial charge is 2.00 e. The van der Waals surface area contributed by atoms with Gasteiger partial charge in [0.15, 0.2) is 6.71 Å². The van der Waals surface area contributed by atoms with Crippen molar-refractivity contribution in [1.82, 2.24) is 4.57 Å². The van der Waals surface area contributed by atoms with Crippen LogP contribution in [0, 0.1) is 39.8 Å². The number of nitrogens with zero attached hydrogens (tertiary/aromatic N) is 3. The molecule has 3 aliphatic rings. The van der Waals surface area contributed by atoms with Crippen molar-refractivity contribution in [2.24, 2.45) is 0 Å². The van der Waals surface area contributed by atoms with Crippen molar-refractivity contribution < 1.29 is 19.8 Å². The Morgan fingerprint density at radius 3 is 1.72 bits per heavy atom. The molecule has 0 unspecified atom stereocenters. The molecule has 8 aromatic carbocycles. The van der Waals surface area contributed by atoms with Crippen LogP contribution >= 0.6 is 0 Å². The summed E-state index contributed by atoms with van der Waals surface area (Å²) < 4.78 is 2.57. The third-order valence-corrected chi connectivity index (χ3v) is 16.9. The summed E-state index contributed by atoms with van der Waals surface area (Å²) in [6.45, 7) is 39.0. The topological polar surface area (TPSA) is 11.4 Å². The van der Waals surface area contributed by atoms with Gasteiger partial charge in [-0.05, 0) is 119 Å². The molecule has 0 saturated carbocycles. The van der Waals surface area contributed by atoms with Gasteiger partial charge < -0.3 is 14.4 Å². The Labute approximate surface area is 468 Å². The van der Waals surface area contributed by atoms with Gasteiger partial charge in [-0.25, -0.2) is 0 Å². The van der Waals surface area contributed by atoms with Gasteiger partial charge in [-0.3, -0.25) is 0 Å². The van der Waals surface area contributed by atoms with Gasteiger partial charge in [0.25, 0.3) is 0 Å². The molecule has 76 heavy (non-hydrogen) atoms. The molecule has 0 bridgehead atoms. The normalized spacial score (nSPS) is 14.1. The van der Waals surface area contributed by atoms with Crippen LogP contribution < -0.4 is 26.2 Å². The number of benzene rings is 8. The van der Waals surface area contributed by atoms with Crippen LogP contribution in [-0.4, -0.2) is 11.3 Å². The number of aryl methyl sites for hydroxylation is 4. The predicted molar refractivity (Wildman–Crippen MR) is 326 cm³/mol. The number of anilines is 6. The van der Waals surface area contributed by atoms with E-state index in [9.17, 15) is 0 Å². The number of rotatable bonds is 4. The van der Waals surface area contributed by atoms with Crippen molar-refractivity contribution in [2.75, 3.05) is 9.80 Å². The monoisotopic (exact) mass is 1170 g/mol. The molecule has 9 aromatic rings. The summed E-state index contributed by atoms with van der Waals surface area (Å²) >= 11 is 0. The van der Waals surface area contributed by atoms with E-state index in [4.69, 9.17) is 0 Å². The average molecular weight is 1170 g/mol. The minimum absolute atomic E-state index is 0. The molecule has 0 radical (unpaired) electrons. The molecule has 0 atom stereocenters. The van der Waals surface area contributed by atoms with E-state index >= 15 is 0 Å². The molecule has 1 aromatic heterocycles. The van der Waals surface area contributed by atoms with Gasteiger partial charge in [0.1, 0.15) is 0 Å². The number of hydrogen-bond acceptors (Lipinski definition) is 2.